The van der Waals surface area contributed by atoms with Crippen LogP contribution in [0.5, 0.6) is 5.75 Å². The summed E-state index contributed by atoms with van der Waals surface area (Å²) in [5.41, 5.74) is 14.8. The summed E-state index contributed by atoms with van der Waals surface area (Å²) in [5.74, 6) is 7.55. The van der Waals surface area contributed by atoms with E-state index in [2.05, 4.69) is 212 Å². The average molecular weight is 1420 g/mol. The quantitative estimate of drug-likeness (QED) is 0.0426. The normalized spacial score (nSPS) is 12.7. The fraction of sp³-hybridized carbons (Fsp3) is 0.383. The van der Waals surface area contributed by atoms with Crippen LogP contribution in [0.25, 0.3) is 105 Å². The lowest BCUT2D eigenvalue weighted by Gasteiger charge is -2.38. The molecule has 4 aromatic heterocycles. The van der Waals surface area contributed by atoms with Gasteiger partial charge >= 0.3 is 15.6 Å². The second kappa shape index (κ2) is 28.5. The lowest BCUT2D eigenvalue weighted by atomic mass is 9.89. The maximum absolute atomic E-state index is 13.2. The third kappa shape index (κ3) is 12.9. The molecule has 4 heterocycles. The predicted octanol–water partition coefficient (Wildman–Crippen LogP) is 27.9. The fourth-order valence-corrected chi connectivity index (χ4v) is 35.7. The number of halogens is 3. The van der Waals surface area contributed by atoms with Crippen molar-refractivity contribution in [3.63, 3.8) is 0 Å². The summed E-state index contributed by atoms with van der Waals surface area (Å²) in [5, 5.41) is 24.7. The van der Waals surface area contributed by atoms with Crippen LogP contribution in [-0.2, 0) is 10.1 Å². The smallest absolute Gasteiger partial charge is 0.375 e. The molecule has 0 aliphatic rings. The Kier molecular flexibility index (Phi) is 22.4. The summed E-state index contributed by atoms with van der Waals surface area (Å²) in [4.78, 5) is 0. The van der Waals surface area contributed by atoms with Crippen LogP contribution in [0, 0.1) is 41.8 Å². The first kappa shape index (κ1) is 74.8. The first-order chi connectivity index (χ1) is 43.8. The number of fused-ring (bicyclic) bond motifs is 18. The van der Waals surface area contributed by atoms with E-state index in [1.807, 2.05) is 76.8 Å². The lowest BCUT2D eigenvalue weighted by Crippen LogP contribution is -2.43. The average Bonchev–Trinajstić information content (AvgIpc) is 1.68. The molecule has 0 atom stereocenters. The Labute approximate surface area is 583 Å². The highest BCUT2D eigenvalue weighted by Crippen LogP contribution is 2.49. The van der Waals surface area contributed by atoms with Gasteiger partial charge in [-0.05, 0) is 199 Å². The highest BCUT2D eigenvalue weighted by Gasteiger charge is 2.49. The maximum Gasteiger partial charge on any atom is 0.534 e. The third-order valence-corrected chi connectivity index (χ3v) is 44.1. The van der Waals surface area contributed by atoms with E-state index >= 15 is 0 Å². The topological polar surface area (TPSA) is 43.4 Å². The van der Waals surface area contributed by atoms with E-state index in [1.54, 1.807) is 17.4 Å². The highest BCUT2D eigenvalue weighted by atomic mass is 32.2. The van der Waals surface area contributed by atoms with E-state index in [0.29, 0.717) is 71.4 Å². The summed E-state index contributed by atoms with van der Waals surface area (Å²) in [6.45, 7) is 44.6. The summed E-state index contributed by atoms with van der Waals surface area (Å²) in [7, 11) is -11.2. The van der Waals surface area contributed by atoms with Crippen molar-refractivity contribution in [2.24, 2.45) is 0 Å². The predicted molar refractivity (Wildman–Crippen MR) is 429 cm³/mol. The zero-order valence-corrected chi connectivity index (χ0v) is 64.3. The van der Waals surface area contributed by atoms with E-state index < -0.39 is 39.8 Å². The number of hydrogen-bond donors (Lipinski definition) is 0. The van der Waals surface area contributed by atoms with Crippen LogP contribution in [0.3, 0.4) is 0 Å². The Bertz CT molecular complexity index is 4930. The van der Waals surface area contributed by atoms with Crippen molar-refractivity contribution < 1.29 is 25.8 Å². The number of alkyl halides is 3. The van der Waals surface area contributed by atoms with Gasteiger partial charge in [0.25, 0.3) is 0 Å². The Balaban J connectivity index is 0.000000212. The molecular formula is C81H95F3O3S5Si3. The zero-order valence-electron chi connectivity index (χ0n) is 57.2. The van der Waals surface area contributed by atoms with Crippen LogP contribution in [0.2, 0.25) is 49.9 Å². The van der Waals surface area contributed by atoms with Gasteiger partial charge in [-0.25, -0.2) is 0 Å². The lowest BCUT2D eigenvalue weighted by molar-refractivity contribution is -0.0499. The second-order valence-electron chi connectivity index (χ2n) is 28.2. The minimum atomic E-state index is -5.84. The van der Waals surface area contributed by atoms with Crippen molar-refractivity contribution in [1.82, 2.24) is 0 Å². The molecule has 500 valence electrons. The van der Waals surface area contributed by atoms with Gasteiger partial charge in [-0.1, -0.05) is 182 Å². The Morgan fingerprint density at radius 3 is 0.979 bits per heavy atom. The standard InChI is InChI=1S/C44H52S2Si2.C24H13F3O3S3.C11H22Si.2CH4/c1-27(2)47(28(3)4,29(5)6)23-19-33-25-39-36-14-16-42-38(18-22-46-42)44(36)34(20-24-48(30(7)8,31(9)10)32(11)12)26-40(39)35-13-15-41-37(43(33)35)17-21-45-41;1-12-10-17-14-3-5-21-16(7-9-32-21)23(14)19(30-33(28,29)24(25,26)27)11-18(17)13-2-4-20-15(22(12)13)6-8-31-20;1-8-12(9(2)3,10(4)5)11(6)7;;/h13-18,21-22,25-32H,1-12H3;2-11H,1H3;1,9-11H,2-7H3;2*1H4. The SMILES string of the molecule is C.C.C#C[Si](C(C)C)(C(C)C)C(C)C.CC(C)[Si](C#Cc1cc2c(cc(C#C[Si](C(C)C)(C(C)C)C(C)C)c3c4ccsc4ccc23)c2ccc3sccc3c12)(C(C)C)C(C)C.Cc1cc2c(cc(OS(=O)(=O)C(F)(F)F)c3c4ccsc4ccc23)c2ccc3sccc3c12. The summed E-state index contributed by atoms with van der Waals surface area (Å²) in [6, 6.07) is 33.7. The van der Waals surface area contributed by atoms with Crippen molar-refractivity contribution in [3.05, 3.63) is 135 Å². The molecule has 0 saturated carbocycles. The van der Waals surface area contributed by atoms with E-state index in [4.69, 9.17) is 10.6 Å². The molecule has 8 aromatic carbocycles. The first-order valence-electron chi connectivity index (χ1n) is 32.7. The van der Waals surface area contributed by atoms with Gasteiger partial charge < -0.3 is 4.18 Å². The Morgan fingerprint density at radius 1 is 0.389 bits per heavy atom. The molecule has 14 heteroatoms. The van der Waals surface area contributed by atoms with E-state index in [-0.39, 0.29) is 20.6 Å². The van der Waals surface area contributed by atoms with Crippen molar-refractivity contribution >= 4 is 185 Å². The van der Waals surface area contributed by atoms with Crippen molar-refractivity contribution in [3.8, 4) is 40.6 Å². The van der Waals surface area contributed by atoms with Crippen LogP contribution < -0.4 is 4.18 Å². The third-order valence-electron chi connectivity index (χ3n) is 20.8. The summed E-state index contributed by atoms with van der Waals surface area (Å²) < 4.78 is 73.0. The van der Waals surface area contributed by atoms with Crippen LogP contribution in [0.15, 0.2) is 119 Å². The minimum Gasteiger partial charge on any atom is -0.375 e. The van der Waals surface area contributed by atoms with Gasteiger partial charge in [-0.3, -0.25) is 0 Å². The highest BCUT2D eigenvalue weighted by molar-refractivity contribution is 7.88. The Hall–Kier alpha value is -5.97. The molecule has 0 N–H and O–H groups in total. The molecule has 0 aliphatic heterocycles. The summed E-state index contributed by atoms with van der Waals surface area (Å²) >= 11 is 6.68. The molecule has 0 bridgehead atoms. The molecule has 0 fully saturated rings. The second-order valence-corrected chi connectivity index (χ2v) is 50.3. The molecular weight excluding hydrogens is 1320 g/mol. The van der Waals surface area contributed by atoms with Crippen molar-refractivity contribution in [2.45, 2.75) is 202 Å². The van der Waals surface area contributed by atoms with Crippen LogP contribution in [0.4, 0.5) is 13.2 Å². The van der Waals surface area contributed by atoms with Gasteiger partial charge in [0.2, 0.25) is 0 Å². The van der Waals surface area contributed by atoms with Gasteiger partial charge in [-0.15, -0.1) is 68.4 Å². The van der Waals surface area contributed by atoms with E-state index in [9.17, 15) is 21.6 Å². The molecule has 0 unspecified atom stereocenters. The molecule has 95 heavy (non-hydrogen) atoms. The Morgan fingerprint density at radius 2 is 0.674 bits per heavy atom. The molecule has 12 aromatic rings. The fourth-order valence-electron chi connectivity index (χ4n) is 16.6. The number of rotatable bonds is 11. The number of thiophene rings is 4. The van der Waals surface area contributed by atoms with Crippen molar-refractivity contribution in [1.29, 1.82) is 0 Å². The number of terminal acetylenes is 1. The summed E-state index contributed by atoms with van der Waals surface area (Å²) in [6.07, 6.45) is 5.72. The molecule has 3 nitrogen and oxygen atoms in total. The van der Waals surface area contributed by atoms with E-state index in [1.165, 1.54) is 81.0 Å². The number of benzene rings is 8. The number of aryl methyl sites for hydroxylation is 1. The van der Waals surface area contributed by atoms with E-state index in [0.717, 1.165) is 36.5 Å². The van der Waals surface area contributed by atoms with Crippen molar-refractivity contribution in [2.75, 3.05) is 0 Å². The molecule has 0 amide bonds. The van der Waals surface area contributed by atoms with Crippen LogP contribution in [-0.4, -0.2) is 38.1 Å². The van der Waals surface area contributed by atoms with Crippen LogP contribution in [0.1, 0.15) is 156 Å². The number of hydrogen-bond acceptors (Lipinski definition) is 7. The maximum atomic E-state index is 13.2. The van der Waals surface area contributed by atoms with Gasteiger partial charge in [0.05, 0.1) is 0 Å². The largest absolute Gasteiger partial charge is 0.534 e. The van der Waals surface area contributed by atoms with Gasteiger partial charge in [-0.2, -0.15) is 21.6 Å². The minimum absolute atomic E-state index is 0. The molecule has 12 rings (SSSR count). The molecule has 0 saturated heterocycles. The molecule has 0 spiro atoms. The molecule has 0 aliphatic carbocycles. The van der Waals surface area contributed by atoms with Gasteiger partial charge in [0.15, 0.2) is 5.75 Å². The molecule has 0 radical (unpaired) electrons. The van der Waals surface area contributed by atoms with Gasteiger partial charge in [0.1, 0.15) is 24.2 Å². The van der Waals surface area contributed by atoms with Crippen LogP contribution >= 0.6 is 45.3 Å². The first-order valence-corrected chi connectivity index (χ1v) is 44.3. The zero-order chi connectivity index (χ0) is 67.8. The van der Waals surface area contributed by atoms with Gasteiger partial charge in [0, 0.05) is 67.6 Å². The monoisotopic (exact) mass is 1420 g/mol.